The van der Waals surface area contributed by atoms with Gasteiger partial charge in [0.1, 0.15) is 0 Å². The molecule has 2 fully saturated rings. The van der Waals surface area contributed by atoms with Gasteiger partial charge in [-0.2, -0.15) is 0 Å². The third-order valence-corrected chi connectivity index (χ3v) is 9.92. The van der Waals surface area contributed by atoms with Crippen LogP contribution >= 0.6 is 0 Å². The molecule has 5 atom stereocenters. The van der Waals surface area contributed by atoms with Gasteiger partial charge >= 0.3 is 0 Å². The van der Waals surface area contributed by atoms with Crippen molar-refractivity contribution in [1.29, 1.82) is 0 Å². The van der Waals surface area contributed by atoms with Crippen LogP contribution in [0.3, 0.4) is 0 Å². The molecule has 2 saturated carbocycles. The number of rotatable bonds is 15. The Bertz CT molecular complexity index is 445. The molecule has 0 aromatic heterocycles. The van der Waals surface area contributed by atoms with Crippen molar-refractivity contribution in [2.75, 3.05) is 0 Å². The average molecular weight is 449 g/mol. The van der Waals surface area contributed by atoms with E-state index in [0.29, 0.717) is 11.8 Å². The zero-order valence-electron chi connectivity index (χ0n) is 22.8. The monoisotopic (exact) mass is 448 g/mol. The van der Waals surface area contributed by atoms with Crippen molar-refractivity contribution in [2.45, 2.75) is 156 Å². The first kappa shape index (κ1) is 28.2. The third kappa shape index (κ3) is 9.68. The summed E-state index contributed by atoms with van der Waals surface area (Å²) >= 11 is 0. The van der Waals surface area contributed by atoms with Gasteiger partial charge in [0, 0.05) is 0 Å². The van der Waals surface area contributed by atoms with E-state index in [4.69, 9.17) is 0 Å². The summed E-state index contributed by atoms with van der Waals surface area (Å²) in [6.45, 7) is 12.2. The van der Waals surface area contributed by atoms with E-state index in [-0.39, 0.29) is 6.10 Å². The van der Waals surface area contributed by atoms with Crippen molar-refractivity contribution < 1.29 is 5.11 Å². The summed E-state index contributed by atoms with van der Waals surface area (Å²) < 4.78 is 0. The molecular formula is C31H60O. The molecule has 1 heteroatoms. The smallest absolute Gasteiger partial charge is 0.0571 e. The first-order valence-corrected chi connectivity index (χ1v) is 15.1. The fourth-order valence-electron chi connectivity index (χ4n) is 7.62. The highest BCUT2D eigenvalue weighted by Gasteiger charge is 2.32. The molecule has 32 heavy (non-hydrogen) atoms. The molecule has 2 aliphatic carbocycles. The Hall–Kier alpha value is -0.0400. The van der Waals surface area contributed by atoms with Crippen LogP contribution in [0.2, 0.25) is 0 Å². The van der Waals surface area contributed by atoms with Gasteiger partial charge in [0.2, 0.25) is 0 Å². The van der Waals surface area contributed by atoms with E-state index in [1.54, 1.807) is 0 Å². The van der Waals surface area contributed by atoms with Gasteiger partial charge in [-0.25, -0.2) is 0 Å². The van der Waals surface area contributed by atoms with Crippen LogP contribution in [0.4, 0.5) is 0 Å². The van der Waals surface area contributed by atoms with Crippen LogP contribution in [0.15, 0.2) is 0 Å². The van der Waals surface area contributed by atoms with Crippen molar-refractivity contribution in [3.8, 4) is 0 Å². The van der Waals surface area contributed by atoms with E-state index < -0.39 is 0 Å². The number of hydrogen-bond donors (Lipinski definition) is 1. The van der Waals surface area contributed by atoms with Crippen molar-refractivity contribution in [1.82, 2.24) is 0 Å². The van der Waals surface area contributed by atoms with Gasteiger partial charge in [0.15, 0.2) is 0 Å². The molecule has 0 spiro atoms. The van der Waals surface area contributed by atoms with Crippen LogP contribution in [0.5, 0.6) is 0 Å². The van der Waals surface area contributed by atoms with Gasteiger partial charge in [-0.15, -0.1) is 0 Å². The molecule has 2 rings (SSSR count). The molecule has 0 aromatic carbocycles. The molecule has 0 bridgehead atoms. The van der Waals surface area contributed by atoms with E-state index in [2.05, 4.69) is 34.6 Å². The van der Waals surface area contributed by atoms with E-state index in [9.17, 15) is 5.11 Å². The molecule has 2 unspecified atom stereocenters. The van der Waals surface area contributed by atoms with Gasteiger partial charge in [0.25, 0.3) is 0 Å². The highest BCUT2D eigenvalue weighted by Crippen LogP contribution is 2.39. The molecule has 0 aliphatic heterocycles. The molecule has 0 radical (unpaired) electrons. The second-order valence-electron chi connectivity index (χ2n) is 12.4. The van der Waals surface area contributed by atoms with E-state index in [1.807, 2.05) is 0 Å². The summed E-state index contributed by atoms with van der Waals surface area (Å²) in [5.41, 5.74) is 0. The minimum atomic E-state index is -0.0662. The maximum atomic E-state index is 11.0. The highest BCUT2D eigenvalue weighted by atomic mass is 16.3. The Kier molecular flexibility index (Phi) is 13.9. The topological polar surface area (TPSA) is 20.2 Å². The Labute approximate surface area is 202 Å². The van der Waals surface area contributed by atoms with E-state index in [0.717, 1.165) is 36.0 Å². The lowest BCUT2D eigenvalue weighted by atomic mass is 9.69. The van der Waals surface area contributed by atoms with Crippen LogP contribution < -0.4 is 0 Å². The normalized spacial score (nSPS) is 27.6. The molecule has 2 aliphatic rings. The molecule has 1 N–H and O–H groups in total. The lowest BCUT2D eigenvalue weighted by Gasteiger charge is -2.37. The van der Waals surface area contributed by atoms with Crippen molar-refractivity contribution in [3.05, 3.63) is 0 Å². The highest BCUT2D eigenvalue weighted by molar-refractivity contribution is 4.82. The van der Waals surface area contributed by atoms with Crippen molar-refractivity contribution in [2.24, 2.45) is 41.4 Å². The zero-order valence-corrected chi connectivity index (χ0v) is 22.8. The number of unbranched alkanes of at least 4 members (excludes halogenated alkanes) is 3. The number of hydrogen-bond acceptors (Lipinski definition) is 1. The Balaban J connectivity index is 1.68. The molecule has 0 aromatic rings. The Morgan fingerprint density at radius 2 is 1.31 bits per heavy atom. The summed E-state index contributed by atoms with van der Waals surface area (Å²) in [4.78, 5) is 0. The summed E-state index contributed by atoms with van der Waals surface area (Å²) in [6.07, 6.45) is 24.9. The summed E-state index contributed by atoms with van der Waals surface area (Å²) in [5, 5.41) is 11.0. The summed E-state index contributed by atoms with van der Waals surface area (Å²) in [6, 6.07) is 0. The summed E-state index contributed by atoms with van der Waals surface area (Å²) in [7, 11) is 0. The number of aliphatic hydroxyl groups is 1. The molecular weight excluding hydrogens is 388 g/mol. The SMILES string of the molecule is CCC([C@H](CC)C(C)C[C@@H](O)C1CCC(C)CC1)[C@@H](C)CCCCCCC1CCCCC1. The standard InChI is InChI=1S/C31H60O/c1-6-29(25(4)15-11-8-9-12-16-27-17-13-10-14-18-27)30(7-2)26(5)23-31(32)28-21-19-24(3)20-22-28/h24-32H,6-23H2,1-5H3/t24?,25-,26?,28?,29?,30+,31+/m0/s1. The first-order chi connectivity index (χ1) is 15.5. The maximum absolute atomic E-state index is 11.0. The second kappa shape index (κ2) is 15.8. The van der Waals surface area contributed by atoms with E-state index >= 15 is 0 Å². The van der Waals surface area contributed by atoms with E-state index in [1.165, 1.54) is 109 Å². The van der Waals surface area contributed by atoms with Crippen LogP contribution in [0.1, 0.15) is 150 Å². The lowest BCUT2D eigenvalue weighted by molar-refractivity contribution is 0.0362. The fraction of sp³-hybridized carbons (Fsp3) is 1.00. The zero-order chi connectivity index (χ0) is 23.3. The van der Waals surface area contributed by atoms with Gasteiger partial charge in [0.05, 0.1) is 6.10 Å². The predicted molar refractivity (Wildman–Crippen MR) is 142 cm³/mol. The molecule has 0 amide bonds. The van der Waals surface area contributed by atoms with Gasteiger partial charge in [-0.05, 0) is 60.7 Å². The summed E-state index contributed by atoms with van der Waals surface area (Å²) in [5.74, 6) is 5.59. The Morgan fingerprint density at radius 3 is 1.94 bits per heavy atom. The minimum Gasteiger partial charge on any atom is -0.393 e. The van der Waals surface area contributed by atoms with Crippen LogP contribution in [-0.2, 0) is 0 Å². The van der Waals surface area contributed by atoms with Crippen molar-refractivity contribution >= 4 is 0 Å². The lowest BCUT2D eigenvalue weighted by Crippen LogP contribution is -2.32. The average Bonchev–Trinajstić information content (AvgIpc) is 2.80. The quantitative estimate of drug-likeness (QED) is 0.247. The first-order valence-electron chi connectivity index (χ1n) is 15.1. The van der Waals surface area contributed by atoms with Gasteiger partial charge in [-0.1, -0.05) is 131 Å². The maximum Gasteiger partial charge on any atom is 0.0571 e. The van der Waals surface area contributed by atoms with Gasteiger partial charge < -0.3 is 5.11 Å². The molecule has 0 heterocycles. The van der Waals surface area contributed by atoms with Crippen molar-refractivity contribution in [3.63, 3.8) is 0 Å². The molecule has 1 nitrogen and oxygen atoms in total. The van der Waals surface area contributed by atoms with Crippen LogP contribution in [-0.4, -0.2) is 11.2 Å². The third-order valence-electron chi connectivity index (χ3n) is 9.92. The van der Waals surface area contributed by atoms with Crippen LogP contribution in [0, 0.1) is 41.4 Å². The largest absolute Gasteiger partial charge is 0.393 e. The fourth-order valence-corrected chi connectivity index (χ4v) is 7.62. The predicted octanol–water partition coefficient (Wildman–Crippen LogP) is 9.81. The minimum absolute atomic E-state index is 0.0662. The molecule has 190 valence electrons. The number of aliphatic hydroxyl groups excluding tert-OH is 1. The molecule has 0 saturated heterocycles. The van der Waals surface area contributed by atoms with Crippen LogP contribution in [0.25, 0.3) is 0 Å². The Morgan fingerprint density at radius 1 is 0.719 bits per heavy atom. The van der Waals surface area contributed by atoms with Gasteiger partial charge in [-0.3, -0.25) is 0 Å². The second-order valence-corrected chi connectivity index (χ2v) is 12.4.